The second-order valence-electron chi connectivity index (χ2n) is 5.55. The van der Waals surface area contributed by atoms with Crippen molar-refractivity contribution in [3.8, 4) is 5.69 Å². The van der Waals surface area contributed by atoms with Gasteiger partial charge in [-0.2, -0.15) is 0 Å². The average molecular weight is 275 g/mol. The topological polar surface area (TPSA) is 29.9 Å². The molecule has 0 aliphatic heterocycles. The lowest BCUT2D eigenvalue weighted by Gasteiger charge is -2.14. The first-order chi connectivity index (χ1) is 9.50. The standard InChI is InChI=1S/C16H22FN3/c1-11(2)8-18-9-14-15(17)6-5-7-16(14)20-10-19-12(3)13(20)4/h5-7,10-11,18H,8-9H2,1-4H3. The number of nitrogens with one attached hydrogen (secondary N) is 1. The first-order valence-corrected chi connectivity index (χ1v) is 6.99. The van der Waals surface area contributed by atoms with Crippen LogP contribution < -0.4 is 5.32 Å². The Hall–Kier alpha value is -1.68. The summed E-state index contributed by atoms with van der Waals surface area (Å²) in [6.45, 7) is 9.63. The van der Waals surface area contributed by atoms with Crippen molar-refractivity contribution in [3.05, 3.63) is 47.3 Å². The fraction of sp³-hybridized carbons (Fsp3) is 0.438. The summed E-state index contributed by atoms with van der Waals surface area (Å²) in [7, 11) is 0. The third-order valence-corrected chi connectivity index (χ3v) is 3.46. The summed E-state index contributed by atoms with van der Waals surface area (Å²) < 4.78 is 16.1. The Labute approximate surface area is 119 Å². The Morgan fingerprint density at radius 1 is 1.30 bits per heavy atom. The lowest BCUT2D eigenvalue weighted by molar-refractivity contribution is 0.533. The number of hydrogen-bond donors (Lipinski definition) is 1. The van der Waals surface area contributed by atoms with Gasteiger partial charge in [0.2, 0.25) is 0 Å². The number of imidazole rings is 1. The van der Waals surface area contributed by atoms with Crippen LogP contribution in [0.5, 0.6) is 0 Å². The van der Waals surface area contributed by atoms with Crippen molar-refractivity contribution in [2.75, 3.05) is 6.54 Å². The molecule has 0 aliphatic rings. The van der Waals surface area contributed by atoms with Gasteiger partial charge >= 0.3 is 0 Å². The second kappa shape index (κ2) is 6.18. The van der Waals surface area contributed by atoms with E-state index in [1.54, 1.807) is 12.4 Å². The SMILES string of the molecule is Cc1ncn(-c2cccc(F)c2CNCC(C)C)c1C. The molecule has 108 valence electrons. The van der Waals surface area contributed by atoms with Crippen molar-refractivity contribution in [3.63, 3.8) is 0 Å². The van der Waals surface area contributed by atoms with Crippen molar-refractivity contribution >= 4 is 0 Å². The molecule has 4 heteroatoms. The lowest BCUT2D eigenvalue weighted by Crippen LogP contribution is -2.21. The van der Waals surface area contributed by atoms with Crippen LogP contribution in [0.2, 0.25) is 0 Å². The molecular weight excluding hydrogens is 253 g/mol. The summed E-state index contributed by atoms with van der Waals surface area (Å²) in [5.41, 5.74) is 3.56. The van der Waals surface area contributed by atoms with E-state index in [4.69, 9.17) is 0 Å². The maximum absolute atomic E-state index is 14.1. The highest BCUT2D eigenvalue weighted by molar-refractivity contribution is 5.43. The minimum absolute atomic E-state index is 0.176. The molecule has 3 nitrogen and oxygen atoms in total. The van der Waals surface area contributed by atoms with Crippen molar-refractivity contribution < 1.29 is 4.39 Å². The van der Waals surface area contributed by atoms with Gasteiger partial charge in [0.1, 0.15) is 5.82 Å². The second-order valence-corrected chi connectivity index (χ2v) is 5.55. The number of halogens is 1. The molecule has 0 spiro atoms. The molecule has 1 heterocycles. The Morgan fingerprint density at radius 2 is 2.05 bits per heavy atom. The monoisotopic (exact) mass is 275 g/mol. The highest BCUT2D eigenvalue weighted by Gasteiger charge is 2.12. The minimum Gasteiger partial charge on any atom is -0.312 e. The maximum atomic E-state index is 14.1. The molecule has 0 saturated heterocycles. The van der Waals surface area contributed by atoms with E-state index >= 15 is 0 Å². The molecule has 0 unspecified atom stereocenters. The van der Waals surface area contributed by atoms with E-state index < -0.39 is 0 Å². The molecule has 2 rings (SSSR count). The molecule has 1 N–H and O–H groups in total. The summed E-state index contributed by atoms with van der Waals surface area (Å²) in [4.78, 5) is 4.29. The third-order valence-electron chi connectivity index (χ3n) is 3.46. The van der Waals surface area contributed by atoms with E-state index in [0.29, 0.717) is 18.0 Å². The zero-order valence-corrected chi connectivity index (χ0v) is 12.6. The molecule has 0 atom stereocenters. The fourth-order valence-corrected chi connectivity index (χ4v) is 2.18. The maximum Gasteiger partial charge on any atom is 0.129 e. The number of aryl methyl sites for hydroxylation is 1. The van der Waals surface area contributed by atoms with Crippen LogP contribution in [0.3, 0.4) is 0 Å². The number of benzene rings is 1. The van der Waals surface area contributed by atoms with Crippen LogP contribution in [-0.2, 0) is 6.54 Å². The van der Waals surface area contributed by atoms with E-state index in [-0.39, 0.29) is 5.82 Å². The highest BCUT2D eigenvalue weighted by Crippen LogP contribution is 2.20. The van der Waals surface area contributed by atoms with Crippen LogP contribution in [0.25, 0.3) is 5.69 Å². The van der Waals surface area contributed by atoms with Gasteiger partial charge in [0.15, 0.2) is 0 Å². The molecule has 1 aromatic carbocycles. The number of nitrogens with zero attached hydrogens (tertiary/aromatic N) is 2. The summed E-state index contributed by atoms with van der Waals surface area (Å²) in [5, 5.41) is 3.30. The van der Waals surface area contributed by atoms with E-state index in [2.05, 4.69) is 24.1 Å². The van der Waals surface area contributed by atoms with Crippen LogP contribution in [0, 0.1) is 25.6 Å². The van der Waals surface area contributed by atoms with Crippen molar-refractivity contribution in [2.45, 2.75) is 34.2 Å². The molecule has 0 aliphatic carbocycles. The van der Waals surface area contributed by atoms with Gasteiger partial charge in [0.05, 0.1) is 17.7 Å². The zero-order chi connectivity index (χ0) is 14.7. The Balaban J connectivity index is 2.33. The fourth-order valence-electron chi connectivity index (χ4n) is 2.18. The van der Waals surface area contributed by atoms with Crippen molar-refractivity contribution in [1.82, 2.24) is 14.9 Å². The molecule has 0 saturated carbocycles. The van der Waals surface area contributed by atoms with E-state index in [1.807, 2.05) is 24.5 Å². The number of rotatable bonds is 5. The number of hydrogen-bond acceptors (Lipinski definition) is 2. The predicted octanol–water partition coefficient (Wildman–Crippen LogP) is 3.37. The van der Waals surface area contributed by atoms with Crippen LogP contribution in [0.4, 0.5) is 4.39 Å². The minimum atomic E-state index is -0.176. The van der Waals surface area contributed by atoms with Gasteiger partial charge in [-0.1, -0.05) is 19.9 Å². The van der Waals surface area contributed by atoms with E-state index in [9.17, 15) is 4.39 Å². The molecule has 20 heavy (non-hydrogen) atoms. The summed E-state index contributed by atoms with van der Waals surface area (Å²) in [6, 6.07) is 5.18. The van der Waals surface area contributed by atoms with E-state index in [1.165, 1.54) is 6.07 Å². The van der Waals surface area contributed by atoms with Gasteiger partial charge in [-0.3, -0.25) is 0 Å². The van der Waals surface area contributed by atoms with E-state index in [0.717, 1.165) is 23.6 Å². The van der Waals surface area contributed by atoms with Crippen LogP contribution >= 0.6 is 0 Å². The Bertz CT molecular complexity index is 587. The zero-order valence-electron chi connectivity index (χ0n) is 12.6. The molecule has 0 amide bonds. The smallest absolute Gasteiger partial charge is 0.129 e. The number of aromatic nitrogens is 2. The Kier molecular flexibility index (Phi) is 4.55. The normalized spacial score (nSPS) is 11.3. The van der Waals surface area contributed by atoms with Crippen LogP contribution in [0.1, 0.15) is 30.8 Å². The molecule has 1 aromatic heterocycles. The molecule has 0 bridgehead atoms. The van der Waals surface area contributed by atoms with Crippen molar-refractivity contribution in [2.24, 2.45) is 5.92 Å². The first kappa shape index (κ1) is 14.7. The first-order valence-electron chi connectivity index (χ1n) is 6.99. The van der Waals surface area contributed by atoms with Crippen LogP contribution in [0.15, 0.2) is 24.5 Å². The largest absolute Gasteiger partial charge is 0.312 e. The quantitative estimate of drug-likeness (QED) is 0.906. The summed E-state index contributed by atoms with van der Waals surface area (Å²) in [5.74, 6) is 0.368. The average Bonchev–Trinajstić information content (AvgIpc) is 2.72. The Morgan fingerprint density at radius 3 is 2.65 bits per heavy atom. The molecular formula is C16H22FN3. The highest BCUT2D eigenvalue weighted by atomic mass is 19.1. The molecule has 2 aromatic rings. The summed E-state index contributed by atoms with van der Waals surface area (Å²) >= 11 is 0. The van der Waals surface area contributed by atoms with Crippen molar-refractivity contribution in [1.29, 1.82) is 0 Å². The van der Waals surface area contributed by atoms with Gasteiger partial charge in [-0.05, 0) is 38.4 Å². The predicted molar refractivity (Wildman–Crippen MR) is 79.5 cm³/mol. The molecule has 0 fully saturated rings. The summed E-state index contributed by atoms with van der Waals surface area (Å²) in [6.07, 6.45) is 1.76. The molecule has 0 radical (unpaired) electrons. The van der Waals surface area contributed by atoms with Gasteiger partial charge in [-0.15, -0.1) is 0 Å². The van der Waals surface area contributed by atoms with Gasteiger partial charge < -0.3 is 9.88 Å². The lowest BCUT2D eigenvalue weighted by atomic mass is 10.1. The van der Waals surface area contributed by atoms with Gasteiger partial charge in [-0.25, -0.2) is 9.37 Å². The third kappa shape index (κ3) is 3.07. The van der Waals surface area contributed by atoms with Gasteiger partial charge in [0.25, 0.3) is 0 Å². The van der Waals surface area contributed by atoms with Gasteiger partial charge in [0, 0.05) is 17.8 Å². The van der Waals surface area contributed by atoms with Crippen LogP contribution in [-0.4, -0.2) is 16.1 Å².